The van der Waals surface area contributed by atoms with Crippen LogP contribution in [0.1, 0.15) is 5.56 Å². The molecule has 0 spiro atoms. The van der Waals surface area contributed by atoms with Gasteiger partial charge in [-0.15, -0.1) is 0 Å². The number of carboxylic acids is 1. The quantitative estimate of drug-likeness (QED) is 0.905. The van der Waals surface area contributed by atoms with Gasteiger partial charge in [0.05, 0.1) is 19.6 Å². The smallest absolute Gasteiger partial charge is 0.328 e. The summed E-state index contributed by atoms with van der Waals surface area (Å²) < 4.78 is 5.10. The molecule has 5 nitrogen and oxygen atoms in total. The molecule has 1 aliphatic rings. The number of aliphatic carboxylic acids is 1. The van der Waals surface area contributed by atoms with Crippen LogP contribution in [0.2, 0.25) is 5.02 Å². The van der Waals surface area contributed by atoms with Crippen LogP contribution in [0.3, 0.4) is 0 Å². The van der Waals surface area contributed by atoms with Crippen LogP contribution in [0.5, 0.6) is 0 Å². The fraction of sp³-hybridized carbons (Fsp3) is 0.385. The maximum atomic E-state index is 12.2. The molecule has 1 N–H and O–H groups in total. The summed E-state index contributed by atoms with van der Waals surface area (Å²) in [5, 5.41) is 9.63. The van der Waals surface area contributed by atoms with Crippen LogP contribution in [-0.4, -0.2) is 47.7 Å². The van der Waals surface area contributed by atoms with E-state index in [1.165, 1.54) is 4.90 Å². The predicted molar refractivity (Wildman–Crippen MR) is 69.1 cm³/mol. The van der Waals surface area contributed by atoms with Crippen molar-refractivity contribution < 1.29 is 19.4 Å². The molecule has 1 aromatic rings. The number of carbonyl (C=O) groups excluding carboxylic acids is 1. The van der Waals surface area contributed by atoms with Gasteiger partial charge in [0.25, 0.3) is 0 Å². The standard InChI is InChI=1S/C13H14ClNO4/c14-10-3-1-2-9(6-10)7-12(16)15-4-5-19-8-11(15)13(17)18/h1-3,6,11H,4-5,7-8H2,(H,17,18)/t11-/m1/s1. The van der Waals surface area contributed by atoms with Gasteiger partial charge < -0.3 is 14.7 Å². The highest BCUT2D eigenvalue weighted by Crippen LogP contribution is 2.14. The third kappa shape index (κ3) is 3.45. The van der Waals surface area contributed by atoms with Gasteiger partial charge >= 0.3 is 5.97 Å². The van der Waals surface area contributed by atoms with Crippen LogP contribution in [0.4, 0.5) is 0 Å². The van der Waals surface area contributed by atoms with Gasteiger partial charge in [-0.3, -0.25) is 4.79 Å². The van der Waals surface area contributed by atoms with Crippen molar-refractivity contribution in [2.45, 2.75) is 12.5 Å². The summed E-state index contributed by atoms with van der Waals surface area (Å²) in [5.74, 6) is -1.27. The van der Waals surface area contributed by atoms with E-state index in [0.717, 1.165) is 5.56 Å². The molecule has 6 heteroatoms. The normalized spacial score (nSPS) is 19.2. The first-order valence-corrected chi connectivity index (χ1v) is 6.30. The third-order valence-corrected chi connectivity index (χ3v) is 3.21. The first kappa shape index (κ1) is 13.8. The van der Waals surface area contributed by atoms with Crippen LogP contribution in [0, 0.1) is 0 Å². The number of amides is 1. The number of hydrogen-bond donors (Lipinski definition) is 1. The van der Waals surface area contributed by atoms with Crippen LogP contribution >= 0.6 is 11.6 Å². The van der Waals surface area contributed by atoms with Crippen molar-refractivity contribution in [3.8, 4) is 0 Å². The summed E-state index contributed by atoms with van der Waals surface area (Å²) in [6, 6.07) is 6.08. The fourth-order valence-corrected chi connectivity index (χ4v) is 2.24. The van der Waals surface area contributed by atoms with E-state index in [9.17, 15) is 9.59 Å². The van der Waals surface area contributed by atoms with E-state index in [-0.39, 0.29) is 18.9 Å². The molecule has 0 aromatic heterocycles. The van der Waals surface area contributed by atoms with Crippen molar-refractivity contribution >= 4 is 23.5 Å². The molecule has 0 unspecified atom stereocenters. The minimum Gasteiger partial charge on any atom is -0.480 e. The highest BCUT2D eigenvalue weighted by atomic mass is 35.5. The van der Waals surface area contributed by atoms with Gasteiger partial charge in [0.1, 0.15) is 0 Å². The summed E-state index contributed by atoms with van der Waals surface area (Å²) in [7, 11) is 0. The zero-order chi connectivity index (χ0) is 13.8. The molecule has 0 saturated carbocycles. The molecule has 1 aliphatic heterocycles. The molecule has 0 aliphatic carbocycles. The van der Waals surface area contributed by atoms with Gasteiger partial charge in [-0.2, -0.15) is 0 Å². The monoisotopic (exact) mass is 283 g/mol. The Kier molecular flexibility index (Phi) is 4.39. The first-order valence-electron chi connectivity index (χ1n) is 5.92. The van der Waals surface area contributed by atoms with E-state index in [2.05, 4.69) is 0 Å². The van der Waals surface area contributed by atoms with Gasteiger partial charge in [-0.25, -0.2) is 4.79 Å². The summed E-state index contributed by atoms with van der Waals surface area (Å²) >= 11 is 5.85. The molecule has 102 valence electrons. The Morgan fingerprint density at radius 3 is 2.95 bits per heavy atom. The van der Waals surface area contributed by atoms with Crippen molar-refractivity contribution in [2.24, 2.45) is 0 Å². The van der Waals surface area contributed by atoms with Crippen LogP contribution in [0.25, 0.3) is 0 Å². The first-order chi connectivity index (χ1) is 9.08. The Labute approximate surface area is 115 Å². The number of benzene rings is 1. The van der Waals surface area contributed by atoms with Gasteiger partial charge in [0, 0.05) is 11.6 Å². The van der Waals surface area contributed by atoms with Gasteiger partial charge in [-0.05, 0) is 17.7 Å². The summed E-state index contributed by atoms with van der Waals surface area (Å²) in [5.41, 5.74) is 0.771. The van der Waals surface area contributed by atoms with Crippen molar-refractivity contribution in [1.82, 2.24) is 4.90 Å². The Balaban J connectivity index is 2.07. The largest absolute Gasteiger partial charge is 0.480 e. The van der Waals surface area contributed by atoms with E-state index in [4.69, 9.17) is 21.4 Å². The maximum absolute atomic E-state index is 12.2. The van der Waals surface area contributed by atoms with Crippen LogP contribution in [0.15, 0.2) is 24.3 Å². The molecular weight excluding hydrogens is 270 g/mol. The van der Waals surface area contributed by atoms with Crippen LogP contribution < -0.4 is 0 Å². The Morgan fingerprint density at radius 1 is 1.47 bits per heavy atom. The minimum atomic E-state index is -1.04. The molecule has 1 saturated heterocycles. The number of morpholine rings is 1. The number of rotatable bonds is 3. The SMILES string of the molecule is O=C(O)[C@H]1COCCN1C(=O)Cc1cccc(Cl)c1. The zero-order valence-electron chi connectivity index (χ0n) is 10.2. The second-order valence-electron chi connectivity index (χ2n) is 4.32. The zero-order valence-corrected chi connectivity index (χ0v) is 11.0. The lowest BCUT2D eigenvalue weighted by Crippen LogP contribution is -2.53. The molecule has 2 rings (SSSR count). The lowest BCUT2D eigenvalue weighted by molar-refractivity contribution is -0.158. The van der Waals surface area contributed by atoms with Gasteiger partial charge in [0.2, 0.25) is 5.91 Å². The minimum absolute atomic E-state index is 0.0383. The second-order valence-corrected chi connectivity index (χ2v) is 4.76. The number of nitrogens with zero attached hydrogens (tertiary/aromatic N) is 1. The summed E-state index contributed by atoms with van der Waals surface area (Å²) in [6.07, 6.45) is 0.143. The molecule has 0 radical (unpaired) electrons. The van der Waals surface area contributed by atoms with Crippen molar-refractivity contribution in [3.63, 3.8) is 0 Å². The van der Waals surface area contributed by atoms with Crippen molar-refractivity contribution in [1.29, 1.82) is 0 Å². The second kappa shape index (κ2) is 6.04. The summed E-state index contributed by atoms with van der Waals surface area (Å²) in [6.45, 7) is 0.706. The van der Waals surface area contributed by atoms with Crippen molar-refractivity contribution in [3.05, 3.63) is 34.9 Å². The Hall–Kier alpha value is -1.59. The van der Waals surface area contributed by atoms with E-state index >= 15 is 0 Å². The Morgan fingerprint density at radius 2 is 2.26 bits per heavy atom. The average Bonchev–Trinajstić information content (AvgIpc) is 2.38. The van der Waals surface area contributed by atoms with E-state index in [1.807, 2.05) is 0 Å². The molecule has 19 heavy (non-hydrogen) atoms. The molecule has 1 heterocycles. The highest BCUT2D eigenvalue weighted by Gasteiger charge is 2.32. The number of carboxylic acid groups (broad SMARTS) is 1. The number of hydrogen-bond acceptors (Lipinski definition) is 3. The van der Waals surface area contributed by atoms with Gasteiger partial charge in [0.15, 0.2) is 6.04 Å². The topological polar surface area (TPSA) is 66.8 Å². The lowest BCUT2D eigenvalue weighted by atomic mass is 10.1. The lowest BCUT2D eigenvalue weighted by Gasteiger charge is -2.32. The molecule has 1 atom stereocenters. The van der Waals surface area contributed by atoms with E-state index in [1.54, 1.807) is 24.3 Å². The van der Waals surface area contributed by atoms with Crippen molar-refractivity contribution in [2.75, 3.05) is 19.8 Å². The number of halogens is 1. The molecule has 1 fully saturated rings. The highest BCUT2D eigenvalue weighted by molar-refractivity contribution is 6.30. The number of ether oxygens (including phenoxy) is 1. The van der Waals surface area contributed by atoms with E-state index in [0.29, 0.717) is 18.2 Å². The third-order valence-electron chi connectivity index (χ3n) is 2.98. The maximum Gasteiger partial charge on any atom is 0.328 e. The number of carbonyl (C=O) groups is 2. The van der Waals surface area contributed by atoms with Crippen LogP contribution in [-0.2, 0) is 20.7 Å². The molecule has 0 bridgehead atoms. The fourth-order valence-electron chi connectivity index (χ4n) is 2.03. The molecule has 1 aromatic carbocycles. The molecule has 1 amide bonds. The van der Waals surface area contributed by atoms with E-state index < -0.39 is 12.0 Å². The average molecular weight is 284 g/mol. The summed E-state index contributed by atoms with van der Waals surface area (Å²) in [4.78, 5) is 24.6. The Bertz CT molecular complexity index is 491. The van der Waals surface area contributed by atoms with Gasteiger partial charge in [-0.1, -0.05) is 23.7 Å². The molecular formula is C13H14ClNO4. The predicted octanol–water partition coefficient (Wildman–Crippen LogP) is 1.19.